The lowest BCUT2D eigenvalue weighted by molar-refractivity contribution is -0.146. The molecule has 3 heterocycles. The summed E-state index contributed by atoms with van der Waals surface area (Å²) in [6.45, 7) is 0. The Bertz CT molecular complexity index is 898. The molecule has 7 nitrogen and oxygen atoms in total. The van der Waals surface area contributed by atoms with Gasteiger partial charge in [-0.1, -0.05) is 25.7 Å². The molecule has 0 atom stereocenters. The van der Waals surface area contributed by atoms with Gasteiger partial charge in [-0.3, -0.25) is 5.10 Å². The van der Waals surface area contributed by atoms with Crippen molar-refractivity contribution in [2.75, 3.05) is 0 Å². The summed E-state index contributed by atoms with van der Waals surface area (Å²) in [6, 6.07) is 3.01. The largest absolute Gasteiger partial charge is 0.453 e. The summed E-state index contributed by atoms with van der Waals surface area (Å²) in [5, 5.41) is 18.4. The molecule has 0 aromatic carbocycles. The second kappa shape index (κ2) is 6.86. The minimum absolute atomic E-state index is 0.0360. The van der Waals surface area contributed by atoms with Gasteiger partial charge in [-0.25, -0.2) is 4.98 Å². The number of H-pyrrole nitrogens is 1. The van der Waals surface area contributed by atoms with Gasteiger partial charge in [0.05, 0.1) is 0 Å². The highest BCUT2D eigenvalue weighted by molar-refractivity contribution is 7.99. The van der Waals surface area contributed by atoms with Crippen LogP contribution in [0.15, 0.2) is 22.3 Å². The molecule has 1 aliphatic rings. The number of rotatable bonds is 5. The van der Waals surface area contributed by atoms with E-state index in [1.165, 1.54) is 31.7 Å². The van der Waals surface area contributed by atoms with Crippen LogP contribution in [0, 0.1) is 5.92 Å². The van der Waals surface area contributed by atoms with Crippen molar-refractivity contribution in [1.82, 2.24) is 35.0 Å². The van der Waals surface area contributed by atoms with Crippen LogP contribution in [-0.4, -0.2) is 35.0 Å². The van der Waals surface area contributed by atoms with Crippen molar-refractivity contribution in [2.45, 2.75) is 54.9 Å². The summed E-state index contributed by atoms with van der Waals surface area (Å²) in [5.41, 5.74) is 0.0360. The Labute approximate surface area is 150 Å². The first-order valence-electron chi connectivity index (χ1n) is 8.38. The summed E-state index contributed by atoms with van der Waals surface area (Å²) < 4.78 is 39.5. The highest BCUT2D eigenvalue weighted by atomic mass is 32.2. The van der Waals surface area contributed by atoms with Gasteiger partial charge in [-0.15, -0.1) is 15.3 Å². The first-order valence-corrected chi connectivity index (χ1v) is 9.19. The van der Waals surface area contributed by atoms with Gasteiger partial charge < -0.3 is 0 Å². The van der Waals surface area contributed by atoms with Crippen LogP contribution in [0.3, 0.4) is 0 Å². The van der Waals surface area contributed by atoms with Crippen LogP contribution in [0.5, 0.6) is 0 Å². The standard InChI is InChI=1S/C15H16F3N7S/c16-15(17,18)13-22-21-11-7-8-12(24-25(11)13)26-14-19-10(20-23-14)6-5-9-3-1-2-4-9/h7-9H,1-6H2,(H,19,20,23). The third-order valence-electron chi connectivity index (χ3n) is 4.46. The Morgan fingerprint density at radius 1 is 1.19 bits per heavy atom. The molecule has 138 valence electrons. The molecule has 0 bridgehead atoms. The van der Waals surface area contributed by atoms with Crippen LogP contribution < -0.4 is 0 Å². The van der Waals surface area contributed by atoms with Crippen molar-refractivity contribution in [3.63, 3.8) is 0 Å². The molecule has 4 rings (SSSR count). The van der Waals surface area contributed by atoms with E-state index < -0.39 is 12.0 Å². The van der Waals surface area contributed by atoms with Gasteiger partial charge in [0.25, 0.3) is 5.82 Å². The zero-order valence-corrected chi connectivity index (χ0v) is 14.5. The maximum atomic E-state index is 12.9. The predicted molar refractivity (Wildman–Crippen MR) is 86.6 cm³/mol. The highest BCUT2D eigenvalue weighted by Gasteiger charge is 2.37. The number of alkyl halides is 3. The van der Waals surface area contributed by atoms with Crippen molar-refractivity contribution in [3.05, 3.63) is 23.8 Å². The van der Waals surface area contributed by atoms with Crippen molar-refractivity contribution in [3.8, 4) is 0 Å². The highest BCUT2D eigenvalue weighted by Crippen LogP contribution is 2.30. The molecule has 1 aliphatic carbocycles. The summed E-state index contributed by atoms with van der Waals surface area (Å²) in [5.74, 6) is 0.401. The average molecular weight is 383 g/mol. The van der Waals surface area contributed by atoms with E-state index in [-0.39, 0.29) is 5.65 Å². The van der Waals surface area contributed by atoms with Crippen LogP contribution in [-0.2, 0) is 12.6 Å². The Balaban J connectivity index is 1.47. The Hall–Kier alpha value is -2.17. The molecule has 0 unspecified atom stereocenters. The third-order valence-corrected chi connectivity index (χ3v) is 5.26. The smallest absolute Gasteiger partial charge is 0.262 e. The van der Waals surface area contributed by atoms with Gasteiger partial charge in [0.2, 0.25) is 5.16 Å². The zero-order valence-electron chi connectivity index (χ0n) is 13.7. The fraction of sp³-hybridized carbons (Fsp3) is 0.533. The molecule has 0 amide bonds. The molecule has 0 spiro atoms. The van der Waals surface area contributed by atoms with Crippen molar-refractivity contribution in [2.24, 2.45) is 5.92 Å². The van der Waals surface area contributed by atoms with Gasteiger partial charge in [0.1, 0.15) is 10.9 Å². The summed E-state index contributed by atoms with van der Waals surface area (Å²) in [4.78, 5) is 4.40. The topological polar surface area (TPSA) is 84.6 Å². The Kier molecular flexibility index (Phi) is 4.55. The Morgan fingerprint density at radius 3 is 2.77 bits per heavy atom. The second-order valence-electron chi connectivity index (χ2n) is 6.32. The maximum absolute atomic E-state index is 12.9. The molecule has 11 heteroatoms. The van der Waals surface area contributed by atoms with Gasteiger partial charge in [-0.05, 0) is 36.2 Å². The molecule has 3 aromatic rings. The third kappa shape index (κ3) is 3.67. The number of nitrogens with one attached hydrogen (secondary N) is 1. The molecular weight excluding hydrogens is 367 g/mol. The summed E-state index contributed by atoms with van der Waals surface area (Å²) in [7, 11) is 0. The molecule has 0 radical (unpaired) electrons. The van der Waals surface area contributed by atoms with E-state index in [2.05, 4.69) is 30.5 Å². The SMILES string of the molecule is FC(F)(F)c1nnc2ccc(Sc3n[nH]c(CCC4CCCC4)n3)nn12. The van der Waals surface area contributed by atoms with E-state index in [9.17, 15) is 13.2 Å². The lowest BCUT2D eigenvalue weighted by atomic mass is 10.0. The minimum Gasteiger partial charge on any atom is -0.262 e. The van der Waals surface area contributed by atoms with Crippen LogP contribution in [0.2, 0.25) is 0 Å². The average Bonchev–Trinajstić information content (AvgIpc) is 3.32. The molecule has 3 aromatic heterocycles. The number of aryl methyl sites for hydroxylation is 1. The van der Waals surface area contributed by atoms with E-state index in [1.54, 1.807) is 6.07 Å². The molecule has 0 saturated heterocycles. The number of halogens is 3. The van der Waals surface area contributed by atoms with Crippen LogP contribution >= 0.6 is 11.8 Å². The molecule has 1 fully saturated rings. The molecule has 1 saturated carbocycles. The van der Waals surface area contributed by atoms with Crippen molar-refractivity contribution in [1.29, 1.82) is 0 Å². The first-order chi connectivity index (χ1) is 12.5. The number of aromatic amines is 1. The van der Waals surface area contributed by atoms with Gasteiger partial charge in [0.15, 0.2) is 5.65 Å². The van der Waals surface area contributed by atoms with Crippen LogP contribution in [0.4, 0.5) is 13.2 Å². The van der Waals surface area contributed by atoms with Crippen LogP contribution in [0.1, 0.15) is 43.8 Å². The summed E-state index contributed by atoms with van der Waals surface area (Å²) >= 11 is 1.10. The normalized spacial score (nSPS) is 16.0. The number of nitrogens with zero attached hydrogens (tertiary/aromatic N) is 6. The molecule has 26 heavy (non-hydrogen) atoms. The minimum atomic E-state index is -4.62. The number of hydrogen-bond donors (Lipinski definition) is 1. The number of hydrogen-bond acceptors (Lipinski definition) is 6. The number of aromatic nitrogens is 7. The fourth-order valence-corrected chi connectivity index (χ4v) is 3.86. The molecule has 0 aliphatic heterocycles. The van der Waals surface area contributed by atoms with Gasteiger partial charge >= 0.3 is 6.18 Å². The first kappa shape index (κ1) is 17.3. The van der Waals surface area contributed by atoms with E-state index in [0.29, 0.717) is 14.7 Å². The van der Waals surface area contributed by atoms with Gasteiger partial charge in [0, 0.05) is 6.42 Å². The zero-order chi connectivity index (χ0) is 18.1. The van der Waals surface area contributed by atoms with E-state index in [1.807, 2.05) is 0 Å². The second-order valence-corrected chi connectivity index (χ2v) is 7.31. The summed E-state index contributed by atoms with van der Waals surface area (Å²) in [6.07, 6.45) is 2.46. The maximum Gasteiger partial charge on any atom is 0.453 e. The van der Waals surface area contributed by atoms with E-state index in [4.69, 9.17) is 0 Å². The van der Waals surface area contributed by atoms with Crippen molar-refractivity contribution < 1.29 is 13.2 Å². The van der Waals surface area contributed by atoms with E-state index >= 15 is 0 Å². The van der Waals surface area contributed by atoms with Crippen molar-refractivity contribution >= 4 is 17.4 Å². The number of fused-ring (bicyclic) bond motifs is 1. The molecule has 1 N–H and O–H groups in total. The van der Waals surface area contributed by atoms with Gasteiger partial charge in [-0.2, -0.15) is 22.8 Å². The lowest BCUT2D eigenvalue weighted by Gasteiger charge is -2.05. The van der Waals surface area contributed by atoms with E-state index in [0.717, 1.165) is 36.3 Å². The molecular formula is C15H16F3N7S. The quantitative estimate of drug-likeness (QED) is 0.725. The Morgan fingerprint density at radius 2 is 2.00 bits per heavy atom. The lowest BCUT2D eigenvalue weighted by Crippen LogP contribution is -2.12. The van der Waals surface area contributed by atoms with Crippen LogP contribution in [0.25, 0.3) is 5.65 Å². The monoisotopic (exact) mass is 383 g/mol. The predicted octanol–water partition coefficient (Wildman–Crippen LogP) is 3.54. The fourth-order valence-electron chi connectivity index (χ4n) is 3.17.